The molecule has 2 atom stereocenters. The summed E-state index contributed by atoms with van der Waals surface area (Å²) >= 11 is 0.766. The van der Waals surface area contributed by atoms with E-state index in [0.29, 0.717) is 4.90 Å². The number of aliphatic hydroxyl groups is 1. The van der Waals surface area contributed by atoms with Crippen LogP contribution in [0.2, 0.25) is 0 Å². The third kappa shape index (κ3) is 9.23. The fourth-order valence-corrected chi connectivity index (χ4v) is 2.42. The van der Waals surface area contributed by atoms with Gasteiger partial charge >= 0.3 is 18.0 Å². The van der Waals surface area contributed by atoms with Gasteiger partial charge < -0.3 is 31.1 Å². The van der Waals surface area contributed by atoms with Crippen molar-refractivity contribution in [3.63, 3.8) is 0 Å². The number of nitrogens with zero attached hydrogens (tertiary/aromatic N) is 1. The van der Waals surface area contributed by atoms with Crippen molar-refractivity contribution in [1.29, 1.82) is 0 Å². The van der Waals surface area contributed by atoms with E-state index >= 15 is 0 Å². The number of carbonyl (C=O) groups excluding carboxylic acids is 3. The van der Waals surface area contributed by atoms with Gasteiger partial charge in [-0.1, -0.05) is 0 Å². The summed E-state index contributed by atoms with van der Waals surface area (Å²) in [6.45, 7) is 1.58. The molecular formula is C15H23N3O9S. The Morgan fingerprint density at radius 3 is 2.32 bits per heavy atom. The number of aliphatic hydroxyl groups excluding tert-OH is 1. The highest BCUT2D eigenvalue weighted by Crippen LogP contribution is 2.11. The second-order valence-corrected chi connectivity index (χ2v) is 6.24. The molecule has 0 aliphatic rings. The molecule has 0 saturated carbocycles. The molecule has 13 heteroatoms. The summed E-state index contributed by atoms with van der Waals surface area (Å²) in [6, 6.07) is -2.58. The minimum Gasteiger partial charge on any atom is -0.501 e. The second-order valence-electron chi connectivity index (χ2n) is 5.34. The number of amides is 3. The monoisotopic (exact) mass is 421 g/mol. The third-order valence-electron chi connectivity index (χ3n) is 3.19. The smallest absolute Gasteiger partial charge is 0.413 e. The van der Waals surface area contributed by atoms with Crippen LogP contribution in [0.25, 0.3) is 0 Å². The minimum absolute atomic E-state index is 0.0421. The zero-order valence-electron chi connectivity index (χ0n) is 15.3. The number of imide groups is 1. The van der Waals surface area contributed by atoms with Crippen molar-refractivity contribution >= 4 is 41.6 Å². The third-order valence-corrected chi connectivity index (χ3v) is 4.11. The van der Waals surface area contributed by atoms with E-state index in [-0.39, 0.29) is 25.2 Å². The highest BCUT2D eigenvalue weighted by atomic mass is 32.2. The Morgan fingerprint density at radius 1 is 1.21 bits per heavy atom. The molecule has 0 radical (unpaired) electrons. The van der Waals surface area contributed by atoms with Gasteiger partial charge in [-0.3, -0.25) is 14.4 Å². The maximum atomic E-state index is 12.2. The number of hydrogen-bond acceptors (Lipinski definition) is 9. The Bertz CT molecular complexity index is 638. The topological polar surface area (TPSA) is 197 Å². The van der Waals surface area contributed by atoms with E-state index in [1.165, 1.54) is 0 Å². The summed E-state index contributed by atoms with van der Waals surface area (Å²) in [5.74, 6) is -4.87. The fourth-order valence-electron chi connectivity index (χ4n) is 1.66. The molecule has 0 bridgehead atoms. The summed E-state index contributed by atoms with van der Waals surface area (Å²) in [4.78, 5) is 57.4. The van der Waals surface area contributed by atoms with Crippen LogP contribution in [0.3, 0.4) is 0 Å². The first-order valence-electron chi connectivity index (χ1n) is 7.97. The maximum Gasteiger partial charge on any atom is 0.413 e. The molecule has 0 heterocycles. The number of aliphatic carboxylic acids is 1. The molecular weight excluding hydrogens is 398 g/mol. The van der Waals surface area contributed by atoms with E-state index in [1.54, 1.807) is 6.92 Å². The number of thioether (sulfide) groups is 1. The summed E-state index contributed by atoms with van der Waals surface area (Å²) < 4.78 is 4.56. The van der Waals surface area contributed by atoms with Crippen LogP contribution in [-0.4, -0.2) is 81.6 Å². The van der Waals surface area contributed by atoms with Gasteiger partial charge in [0.1, 0.15) is 12.1 Å². The number of carboxylic acid groups (broad SMARTS) is 2. The van der Waals surface area contributed by atoms with Crippen LogP contribution in [0.5, 0.6) is 0 Å². The molecule has 2 unspecified atom stereocenters. The van der Waals surface area contributed by atoms with Gasteiger partial charge in [-0.05, 0) is 13.3 Å². The van der Waals surface area contributed by atoms with Crippen molar-refractivity contribution in [1.82, 2.24) is 10.2 Å². The first kappa shape index (κ1) is 25.2. The second kappa shape index (κ2) is 12.6. The van der Waals surface area contributed by atoms with Gasteiger partial charge in [-0.15, -0.1) is 11.8 Å². The molecule has 0 fully saturated rings. The number of carbonyl (C=O) groups is 5. The SMILES string of the molecule is CCOC(=O)C(O)=CSCC(NC(=O)CCC(N)C(=O)O)C(=O)N(C)C(=O)O. The van der Waals surface area contributed by atoms with E-state index < -0.39 is 47.7 Å². The van der Waals surface area contributed by atoms with Crippen LogP contribution in [0.1, 0.15) is 19.8 Å². The molecule has 28 heavy (non-hydrogen) atoms. The fraction of sp³-hybridized carbons (Fsp3) is 0.533. The summed E-state index contributed by atoms with van der Waals surface area (Å²) in [5, 5.41) is 30.4. The van der Waals surface area contributed by atoms with Gasteiger partial charge in [-0.2, -0.15) is 0 Å². The molecule has 158 valence electrons. The van der Waals surface area contributed by atoms with Crippen LogP contribution >= 0.6 is 11.8 Å². The van der Waals surface area contributed by atoms with Crippen molar-refractivity contribution in [3.05, 3.63) is 11.2 Å². The lowest BCUT2D eigenvalue weighted by Gasteiger charge is -2.21. The maximum absolute atomic E-state index is 12.2. The number of ether oxygens (including phenoxy) is 1. The summed E-state index contributed by atoms with van der Waals surface area (Å²) in [6.07, 6.45) is -2.04. The van der Waals surface area contributed by atoms with Crippen molar-refractivity contribution in [3.8, 4) is 0 Å². The first-order valence-corrected chi connectivity index (χ1v) is 9.02. The Hall–Kier alpha value is -2.80. The number of rotatable bonds is 11. The Morgan fingerprint density at radius 2 is 1.82 bits per heavy atom. The molecule has 6 N–H and O–H groups in total. The van der Waals surface area contributed by atoms with Crippen LogP contribution in [0, 0.1) is 0 Å². The van der Waals surface area contributed by atoms with E-state index in [9.17, 15) is 29.1 Å². The molecule has 0 aromatic heterocycles. The molecule has 0 saturated heterocycles. The van der Waals surface area contributed by atoms with E-state index in [0.717, 1.165) is 24.2 Å². The van der Waals surface area contributed by atoms with Gasteiger partial charge in [0, 0.05) is 24.6 Å². The largest absolute Gasteiger partial charge is 0.501 e. The molecule has 0 aromatic carbocycles. The van der Waals surface area contributed by atoms with Crippen LogP contribution < -0.4 is 11.1 Å². The average Bonchev–Trinajstić information content (AvgIpc) is 2.63. The minimum atomic E-state index is -1.55. The normalized spacial score (nSPS) is 13.2. The molecule has 0 aromatic rings. The molecule has 0 aliphatic carbocycles. The number of likely N-dealkylation sites (N-methyl/N-ethyl adjacent to an activating group) is 1. The Kier molecular flexibility index (Phi) is 11.3. The molecule has 3 amide bonds. The Labute approximate surface area is 164 Å². The number of carboxylic acids is 1. The number of nitrogens with one attached hydrogen (secondary N) is 1. The zero-order valence-corrected chi connectivity index (χ0v) is 16.1. The Balaban J connectivity index is 5.02. The number of hydrogen-bond donors (Lipinski definition) is 5. The number of nitrogens with two attached hydrogens (primary N) is 1. The lowest BCUT2D eigenvalue weighted by molar-refractivity contribution is -0.141. The molecule has 0 aliphatic heterocycles. The number of esters is 1. The van der Waals surface area contributed by atoms with Gasteiger partial charge in [0.25, 0.3) is 5.91 Å². The van der Waals surface area contributed by atoms with Gasteiger partial charge in [0.15, 0.2) is 0 Å². The zero-order chi connectivity index (χ0) is 21.9. The van der Waals surface area contributed by atoms with Crippen LogP contribution in [0.4, 0.5) is 4.79 Å². The van der Waals surface area contributed by atoms with Gasteiger partial charge in [0.2, 0.25) is 11.7 Å². The van der Waals surface area contributed by atoms with E-state index in [2.05, 4.69) is 10.1 Å². The van der Waals surface area contributed by atoms with Crippen LogP contribution in [-0.2, 0) is 23.9 Å². The lowest BCUT2D eigenvalue weighted by atomic mass is 10.1. The lowest BCUT2D eigenvalue weighted by Crippen LogP contribution is -2.50. The summed E-state index contributed by atoms with van der Waals surface area (Å²) in [5.41, 5.74) is 5.29. The highest BCUT2D eigenvalue weighted by molar-refractivity contribution is 8.02. The standard InChI is InChI=1S/C15H23N3O9S/c1-3-27-14(24)10(19)7-28-6-9(12(21)18(2)15(25)26)17-11(20)5-4-8(16)13(22)23/h7-9,19H,3-6,16H2,1-2H3,(H,17,20)(H,22,23)(H,25,26). The summed E-state index contributed by atoms with van der Waals surface area (Å²) in [7, 11) is 0.987. The molecule has 0 spiro atoms. The van der Waals surface area contributed by atoms with Gasteiger partial charge in [0.05, 0.1) is 6.61 Å². The molecule has 0 rings (SSSR count). The van der Waals surface area contributed by atoms with Crippen LogP contribution in [0.15, 0.2) is 11.2 Å². The van der Waals surface area contributed by atoms with Crippen molar-refractivity contribution in [2.24, 2.45) is 5.73 Å². The van der Waals surface area contributed by atoms with E-state index in [4.69, 9.17) is 15.9 Å². The van der Waals surface area contributed by atoms with Crippen molar-refractivity contribution < 1.29 is 44.0 Å². The average molecular weight is 421 g/mol. The predicted molar refractivity (Wildman–Crippen MR) is 97.4 cm³/mol. The van der Waals surface area contributed by atoms with E-state index in [1.807, 2.05) is 0 Å². The quantitative estimate of drug-likeness (QED) is 0.164. The van der Waals surface area contributed by atoms with Gasteiger partial charge in [-0.25, -0.2) is 14.5 Å². The first-order chi connectivity index (χ1) is 13.0. The van der Waals surface area contributed by atoms with Crippen molar-refractivity contribution in [2.45, 2.75) is 31.8 Å². The predicted octanol–water partition coefficient (Wildman–Crippen LogP) is -0.505. The molecule has 12 nitrogen and oxygen atoms in total. The van der Waals surface area contributed by atoms with Crippen molar-refractivity contribution in [2.75, 3.05) is 19.4 Å². The highest BCUT2D eigenvalue weighted by Gasteiger charge is 2.27.